The normalized spacial score (nSPS) is 10.9. The summed E-state index contributed by atoms with van der Waals surface area (Å²) in [6, 6.07) is 15.1. The lowest BCUT2D eigenvalue weighted by Crippen LogP contribution is -2.22. The summed E-state index contributed by atoms with van der Waals surface area (Å²) < 4.78 is 14.3. The molecule has 0 atom stereocenters. The summed E-state index contributed by atoms with van der Waals surface area (Å²) in [6.45, 7) is 4.21. The molecule has 7 nitrogen and oxygen atoms in total. The summed E-state index contributed by atoms with van der Waals surface area (Å²) in [5.41, 5.74) is 2.50. The molecule has 4 rings (SSSR count). The zero-order valence-electron chi connectivity index (χ0n) is 16.9. The highest BCUT2D eigenvalue weighted by atomic mass is 16.5. The molecule has 4 aromatic rings. The second-order valence-corrected chi connectivity index (χ2v) is 6.79. The van der Waals surface area contributed by atoms with E-state index in [0.717, 1.165) is 22.9 Å². The summed E-state index contributed by atoms with van der Waals surface area (Å²) in [5, 5.41) is 9.43. The number of rotatable bonds is 7. The molecule has 7 heteroatoms. The fourth-order valence-corrected chi connectivity index (χ4v) is 3.29. The third-order valence-electron chi connectivity index (χ3n) is 4.90. The minimum Gasteiger partial charge on any atom is -0.497 e. The van der Waals surface area contributed by atoms with E-state index < -0.39 is 0 Å². The van der Waals surface area contributed by atoms with Crippen LogP contribution in [0.25, 0.3) is 27.8 Å². The molecular formula is C23H22N4O3. The van der Waals surface area contributed by atoms with Gasteiger partial charge in [0.05, 0.1) is 25.4 Å². The third-order valence-corrected chi connectivity index (χ3v) is 4.90. The number of methoxy groups -OCH3 is 1. The first-order valence-corrected chi connectivity index (χ1v) is 9.56. The van der Waals surface area contributed by atoms with E-state index in [4.69, 9.17) is 9.47 Å². The van der Waals surface area contributed by atoms with Crippen LogP contribution in [0.3, 0.4) is 0 Å². The Balaban J connectivity index is 1.77. The second-order valence-electron chi connectivity index (χ2n) is 6.79. The summed E-state index contributed by atoms with van der Waals surface area (Å²) in [4.78, 5) is 12.9. The van der Waals surface area contributed by atoms with E-state index in [-0.39, 0.29) is 5.56 Å². The van der Waals surface area contributed by atoms with Gasteiger partial charge in [-0.05, 0) is 30.7 Å². The molecular weight excluding hydrogens is 380 g/mol. The Hall–Kier alpha value is -3.87. The van der Waals surface area contributed by atoms with Gasteiger partial charge in [0, 0.05) is 24.1 Å². The van der Waals surface area contributed by atoms with Crippen molar-refractivity contribution < 1.29 is 9.47 Å². The standard InChI is InChI=1S/C23H22N4O3/c1-4-5-12-30-22-14-17(29-3)10-11-18(22)19-15-27(25-24-19)21-13-16-8-6-7-9-20(16)26(2)23(21)28/h4,6-11,13-15H,1,5,12H2,2-3H3. The Morgan fingerprint density at radius 1 is 1.17 bits per heavy atom. The average Bonchev–Trinajstić information content (AvgIpc) is 3.26. The van der Waals surface area contributed by atoms with Crippen LogP contribution in [-0.2, 0) is 7.05 Å². The van der Waals surface area contributed by atoms with Crippen molar-refractivity contribution in [2.24, 2.45) is 7.05 Å². The minimum absolute atomic E-state index is 0.151. The van der Waals surface area contributed by atoms with Gasteiger partial charge in [-0.2, -0.15) is 0 Å². The van der Waals surface area contributed by atoms with Crippen LogP contribution in [0.4, 0.5) is 0 Å². The van der Waals surface area contributed by atoms with E-state index in [1.807, 2.05) is 48.5 Å². The zero-order valence-corrected chi connectivity index (χ0v) is 16.9. The van der Waals surface area contributed by atoms with Crippen LogP contribution < -0.4 is 15.0 Å². The highest BCUT2D eigenvalue weighted by Crippen LogP contribution is 2.32. The predicted molar refractivity (Wildman–Crippen MR) is 116 cm³/mol. The van der Waals surface area contributed by atoms with Gasteiger partial charge in [0.2, 0.25) is 0 Å². The first-order chi connectivity index (χ1) is 14.6. The molecule has 2 aromatic carbocycles. The van der Waals surface area contributed by atoms with Gasteiger partial charge in [0.15, 0.2) is 0 Å². The van der Waals surface area contributed by atoms with Crippen molar-refractivity contribution in [1.29, 1.82) is 0 Å². The van der Waals surface area contributed by atoms with Crippen LogP contribution >= 0.6 is 0 Å². The number of ether oxygens (including phenoxy) is 2. The van der Waals surface area contributed by atoms with Crippen molar-refractivity contribution in [2.45, 2.75) is 6.42 Å². The third kappa shape index (κ3) is 3.57. The highest BCUT2D eigenvalue weighted by Gasteiger charge is 2.15. The Bertz CT molecular complexity index is 1270. The van der Waals surface area contributed by atoms with Crippen molar-refractivity contribution in [2.75, 3.05) is 13.7 Å². The summed E-state index contributed by atoms with van der Waals surface area (Å²) in [5.74, 6) is 1.32. The summed E-state index contributed by atoms with van der Waals surface area (Å²) in [6.07, 6.45) is 4.25. The van der Waals surface area contributed by atoms with E-state index >= 15 is 0 Å². The predicted octanol–water partition coefficient (Wildman–Crippen LogP) is 3.75. The monoisotopic (exact) mass is 402 g/mol. The molecule has 0 unspecified atom stereocenters. The fraction of sp³-hybridized carbons (Fsp3) is 0.174. The van der Waals surface area contributed by atoms with E-state index in [0.29, 0.717) is 29.5 Å². The molecule has 0 spiro atoms. The number of nitrogens with zero attached hydrogens (tertiary/aromatic N) is 4. The molecule has 2 aromatic heterocycles. The van der Waals surface area contributed by atoms with Gasteiger partial charge < -0.3 is 14.0 Å². The smallest absolute Gasteiger partial charge is 0.276 e. The number of fused-ring (bicyclic) bond motifs is 1. The Morgan fingerprint density at radius 3 is 2.80 bits per heavy atom. The maximum absolute atomic E-state index is 12.9. The molecule has 0 radical (unpaired) electrons. The molecule has 0 amide bonds. The lowest BCUT2D eigenvalue weighted by molar-refractivity contribution is 0.323. The second kappa shape index (κ2) is 8.24. The molecule has 2 heterocycles. The molecule has 30 heavy (non-hydrogen) atoms. The zero-order chi connectivity index (χ0) is 21.1. The Labute approximate surface area is 173 Å². The van der Waals surface area contributed by atoms with Gasteiger partial charge in [-0.3, -0.25) is 4.79 Å². The molecule has 0 aliphatic carbocycles. The molecule has 0 fully saturated rings. The van der Waals surface area contributed by atoms with Crippen molar-refractivity contribution in [3.8, 4) is 28.4 Å². The topological polar surface area (TPSA) is 71.2 Å². The maximum Gasteiger partial charge on any atom is 0.276 e. The molecule has 0 saturated carbocycles. The van der Waals surface area contributed by atoms with E-state index in [1.54, 1.807) is 31.0 Å². The Kier molecular flexibility index (Phi) is 5.34. The van der Waals surface area contributed by atoms with Crippen LogP contribution in [0, 0.1) is 0 Å². The van der Waals surface area contributed by atoms with Gasteiger partial charge in [-0.1, -0.05) is 29.5 Å². The number of hydrogen-bond donors (Lipinski definition) is 0. The number of aromatic nitrogens is 4. The van der Waals surface area contributed by atoms with E-state index in [9.17, 15) is 4.79 Å². The highest BCUT2D eigenvalue weighted by molar-refractivity contribution is 5.80. The van der Waals surface area contributed by atoms with E-state index in [2.05, 4.69) is 16.9 Å². The molecule has 0 aliphatic rings. The molecule has 0 saturated heterocycles. The molecule has 152 valence electrons. The SMILES string of the molecule is C=CCCOc1cc(OC)ccc1-c1cn(-c2cc3ccccc3n(C)c2=O)nn1. The number of aryl methyl sites for hydroxylation is 1. The lowest BCUT2D eigenvalue weighted by Gasteiger charge is -2.11. The van der Waals surface area contributed by atoms with Crippen LogP contribution in [0.1, 0.15) is 6.42 Å². The van der Waals surface area contributed by atoms with Crippen LogP contribution in [-0.4, -0.2) is 33.3 Å². The summed E-state index contributed by atoms with van der Waals surface area (Å²) in [7, 11) is 3.36. The number of benzene rings is 2. The van der Waals surface area contributed by atoms with Crippen LogP contribution in [0.2, 0.25) is 0 Å². The number of hydrogen-bond acceptors (Lipinski definition) is 5. The van der Waals surface area contributed by atoms with Gasteiger partial charge in [0.25, 0.3) is 5.56 Å². The van der Waals surface area contributed by atoms with Crippen LogP contribution in [0.5, 0.6) is 11.5 Å². The maximum atomic E-state index is 12.9. The number of pyridine rings is 1. The quantitative estimate of drug-likeness (QED) is 0.348. The van der Waals surface area contributed by atoms with Crippen molar-refractivity contribution in [3.05, 3.63) is 77.7 Å². The molecule has 0 N–H and O–H groups in total. The van der Waals surface area contributed by atoms with Gasteiger partial charge in [-0.15, -0.1) is 11.7 Å². The van der Waals surface area contributed by atoms with Crippen molar-refractivity contribution in [3.63, 3.8) is 0 Å². The van der Waals surface area contributed by atoms with Gasteiger partial charge in [-0.25, -0.2) is 4.68 Å². The summed E-state index contributed by atoms with van der Waals surface area (Å²) >= 11 is 0. The molecule has 0 aliphatic heterocycles. The van der Waals surface area contributed by atoms with Gasteiger partial charge >= 0.3 is 0 Å². The lowest BCUT2D eigenvalue weighted by atomic mass is 10.1. The first-order valence-electron chi connectivity index (χ1n) is 9.56. The Morgan fingerprint density at radius 2 is 2.00 bits per heavy atom. The fourth-order valence-electron chi connectivity index (χ4n) is 3.29. The van der Waals surface area contributed by atoms with Crippen molar-refractivity contribution in [1.82, 2.24) is 19.6 Å². The molecule has 0 bridgehead atoms. The van der Waals surface area contributed by atoms with Gasteiger partial charge in [0.1, 0.15) is 22.9 Å². The van der Waals surface area contributed by atoms with E-state index in [1.165, 1.54) is 4.68 Å². The first kappa shape index (κ1) is 19.4. The largest absolute Gasteiger partial charge is 0.497 e. The minimum atomic E-state index is -0.151. The average molecular weight is 402 g/mol. The van der Waals surface area contributed by atoms with Crippen molar-refractivity contribution >= 4 is 10.9 Å². The van der Waals surface area contributed by atoms with Crippen LogP contribution in [0.15, 0.2) is 72.2 Å². The number of para-hydroxylation sites is 1.